The van der Waals surface area contributed by atoms with Crippen molar-refractivity contribution in [3.05, 3.63) is 40.9 Å². The maximum atomic E-state index is 13.1. The normalized spacial score (nSPS) is 10.3. The highest BCUT2D eigenvalue weighted by Gasteiger charge is 2.11. The van der Waals surface area contributed by atoms with E-state index in [0.717, 1.165) is 5.56 Å². The first-order valence-corrected chi connectivity index (χ1v) is 6.18. The van der Waals surface area contributed by atoms with E-state index in [2.05, 4.69) is 15.3 Å². The van der Waals surface area contributed by atoms with Crippen molar-refractivity contribution in [2.45, 2.75) is 13.3 Å². The summed E-state index contributed by atoms with van der Waals surface area (Å²) in [6.07, 6.45) is 2.12. The predicted octanol–water partition coefficient (Wildman–Crippen LogP) is 3.67. The maximum Gasteiger partial charge on any atom is 0.227 e. The molecule has 6 heteroatoms. The highest BCUT2D eigenvalue weighted by molar-refractivity contribution is 6.30. The van der Waals surface area contributed by atoms with Crippen LogP contribution in [0.1, 0.15) is 12.5 Å². The third-order valence-electron chi connectivity index (χ3n) is 2.60. The molecule has 0 radical (unpaired) electrons. The molecular formula is C13H13ClFN3O. The summed E-state index contributed by atoms with van der Waals surface area (Å²) in [6.45, 7) is 1.98. The molecule has 0 fully saturated rings. The molecule has 0 atom stereocenters. The van der Waals surface area contributed by atoms with Gasteiger partial charge in [-0.3, -0.25) is 0 Å². The van der Waals surface area contributed by atoms with Gasteiger partial charge in [-0.05, 0) is 18.6 Å². The van der Waals surface area contributed by atoms with Gasteiger partial charge in [0.25, 0.3) is 0 Å². The van der Waals surface area contributed by atoms with Crippen LogP contribution in [0.4, 0.5) is 10.2 Å². The molecule has 0 aliphatic rings. The molecule has 0 bridgehead atoms. The largest absolute Gasteiger partial charge is 0.438 e. The van der Waals surface area contributed by atoms with Crippen molar-refractivity contribution in [2.24, 2.45) is 0 Å². The lowest BCUT2D eigenvalue weighted by atomic mass is 10.2. The average Bonchev–Trinajstić information content (AvgIpc) is 2.42. The van der Waals surface area contributed by atoms with Gasteiger partial charge in [-0.25, -0.2) is 14.4 Å². The monoisotopic (exact) mass is 281 g/mol. The third-order valence-corrected chi connectivity index (χ3v) is 2.89. The highest BCUT2D eigenvalue weighted by atomic mass is 35.5. The summed E-state index contributed by atoms with van der Waals surface area (Å²) in [5, 5.41) is 2.99. The molecule has 0 aliphatic carbocycles. The summed E-state index contributed by atoms with van der Waals surface area (Å²) < 4.78 is 18.7. The first-order chi connectivity index (χ1) is 9.15. The smallest absolute Gasteiger partial charge is 0.227 e. The van der Waals surface area contributed by atoms with Crippen LogP contribution in [-0.4, -0.2) is 17.0 Å². The molecule has 0 unspecified atom stereocenters. The van der Waals surface area contributed by atoms with Gasteiger partial charge >= 0.3 is 0 Å². The Hall–Kier alpha value is -1.88. The maximum absolute atomic E-state index is 13.1. The summed E-state index contributed by atoms with van der Waals surface area (Å²) in [7, 11) is 1.78. The van der Waals surface area contributed by atoms with E-state index in [0.29, 0.717) is 23.9 Å². The van der Waals surface area contributed by atoms with Crippen LogP contribution < -0.4 is 10.1 Å². The zero-order chi connectivity index (χ0) is 13.8. The molecule has 1 aromatic heterocycles. The second kappa shape index (κ2) is 5.84. The van der Waals surface area contributed by atoms with E-state index in [1.54, 1.807) is 7.05 Å². The van der Waals surface area contributed by atoms with Crippen LogP contribution in [0.2, 0.25) is 5.02 Å². The number of hydrogen-bond donors (Lipinski definition) is 1. The van der Waals surface area contributed by atoms with Gasteiger partial charge in [-0.2, -0.15) is 0 Å². The summed E-state index contributed by atoms with van der Waals surface area (Å²) in [6, 6.07) is 4.17. The number of halogens is 2. The summed E-state index contributed by atoms with van der Waals surface area (Å²) in [4.78, 5) is 8.21. The highest BCUT2D eigenvalue weighted by Crippen LogP contribution is 2.29. The Morgan fingerprint density at radius 2 is 2.16 bits per heavy atom. The number of aromatic nitrogens is 2. The van der Waals surface area contributed by atoms with E-state index in [1.165, 1.54) is 24.5 Å². The number of anilines is 1. The fraction of sp³-hybridized carbons (Fsp3) is 0.231. The van der Waals surface area contributed by atoms with Gasteiger partial charge in [-0.15, -0.1) is 0 Å². The number of benzene rings is 1. The lowest BCUT2D eigenvalue weighted by Gasteiger charge is -2.12. The van der Waals surface area contributed by atoms with Gasteiger partial charge in [-0.1, -0.05) is 18.5 Å². The molecule has 0 saturated heterocycles. The van der Waals surface area contributed by atoms with Crippen molar-refractivity contribution in [1.82, 2.24) is 9.97 Å². The summed E-state index contributed by atoms with van der Waals surface area (Å²) in [5.41, 5.74) is 0.852. The number of ether oxygens (including phenoxy) is 1. The molecule has 0 spiro atoms. The Morgan fingerprint density at radius 3 is 2.79 bits per heavy atom. The standard InChI is InChI=1S/C13H13ClFN3O/c1-3-9-12(16-2)17-7-18-13(9)19-8-4-5-11(15)10(14)6-8/h4-7H,3H2,1-2H3,(H,16,17,18). The Labute approximate surface area is 115 Å². The fourth-order valence-corrected chi connectivity index (χ4v) is 1.84. The Morgan fingerprint density at radius 1 is 1.37 bits per heavy atom. The molecule has 0 saturated carbocycles. The molecule has 4 nitrogen and oxygen atoms in total. The second-order valence-corrected chi connectivity index (χ2v) is 4.19. The van der Waals surface area contributed by atoms with Crippen molar-refractivity contribution in [3.8, 4) is 11.6 Å². The van der Waals surface area contributed by atoms with Gasteiger partial charge < -0.3 is 10.1 Å². The molecule has 100 valence electrons. The van der Waals surface area contributed by atoms with Crippen molar-refractivity contribution >= 4 is 17.4 Å². The molecule has 2 rings (SSSR count). The van der Waals surface area contributed by atoms with Gasteiger partial charge in [0, 0.05) is 13.1 Å². The van der Waals surface area contributed by atoms with Crippen molar-refractivity contribution in [1.29, 1.82) is 0 Å². The Bertz CT molecular complexity index is 592. The molecule has 0 amide bonds. The minimum atomic E-state index is -0.483. The molecule has 19 heavy (non-hydrogen) atoms. The number of rotatable bonds is 4. The zero-order valence-corrected chi connectivity index (χ0v) is 11.3. The van der Waals surface area contributed by atoms with Crippen molar-refractivity contribution in [2.75, 3.05) is 12.4 Å². The van der Waals surface area contributed by atoms with Gasteiger partial charge in [0.05, 0.1) is 10.6 Å². The molecule has 0 aliphatic heterocycles. The van der Waals surface area contributed by atoms with E-state index in [9.17, 15) is 4.39 Å². The van der Waals surface area contributed by atoms with Crippen LogP contribution in [0.15, 0.2) is 24.5 Å². The topological polar surface area (TPSA) is 47.0 Å². The van der Waals surface area contributed by atoms with Crippen LogP contribution in [0, 0.1) is 5.82 Å². The SMILES string of the molecule is CCc1c(NC)ncnc1Oc1ccc(F)c(Cl)c1. The van der Waals surface area contributed by atoms with Gasteiger partial charge in [0.15, 0.2) is 0 Å². The fourth-order valence-electron chi connectivity index (χ4n) is 1.67. The van der Waals surface area contributed by atoms with E-state index < -0.39 is 5.82 Å². The van der Waals surface area contributed by atoms with Crippen molar-refractivity contribution < 1.29 is 9.13 Å². The second-order valence-electron chi connectivity index (χ2n) is 3.79. The lowest BCUT2D eigenvalue weighted by molar-refractivity contribution is 0.454. The minimum absolute atomic E-state index is 0.0124. The predicted molar refractivity (Wildman–Crippen MR) is 72.4 cm³/mol. The van der Waals surface area contributed by atoms with Crippen LogP contribution in [-0.2, 0) is 6.42 Å². The van der Waals surface area contributed by atoms with E-state index >= 15 is 0 Å². The lowest BCUT2D eigenvalue weighted by Crippen LogP contribution is -2.02. The van der Waals surface area contributed by atoms with Crippen LogP contribution in [0.25, 0.3) is 0 Å². The van der Waals surface area contributed by atoms with E-state index in [4.69, 9.17) is 16.3 Å². The summed E-state index contributed by atoms with van der Waals surface area (Å²) >= 11 is 5.71. The Balaban J connectivity index is 2.35. The van der Waals surface area contributed by atoms with Crippen molar-refractivity contribution in [3.63, 3.8) is 0 Å². The Kier molecular flexibility index (Phi) is 4.16. The molecule has 2 aromatic rings. The minimum Gasteiger partial charge on any atom is -0.438 e. The van der Waals surface area contributed by atoms with E-state index in [-0.39, 0.29) is 5.02 Å². The van der Waals surface area contributed by atoms with Gasteiger partial charge in [0.2, 0.25) is 5.88 Å². The summed E-state index contributed by atoms with van der Waals surface area (Å²) in [5.74, 6) is 1.09. The van der Waals surface area contributed by atoms with E-state index in [1.807, 2.05) is 6.92 Å². The zero-order valence-electron chi connectivity index (χ0n) is 10.6. The number of nitrogens with one attached hydrogen (secondary N) is 1. The molecule has 1 N–H and O–H groups in total. The molecule has 1 aromatic carbocycles. The molecule has 1 heterocycles. The quantitative estimate of drug-likeness (QED) is 0.929. The van der Waals surface area contributed by atoms with Crippen LogP contribution in [0.5, 0.6) is 11.6 Å². The number of nitrogens with zero attached hydrogens (tertiary/aromatic N) is 2. The molecular weight excluding hydrogens is 269 g/mol. The number of hydrogen-bond acceptors (Lipinski definition) is 4. The van der Waals surface area contributed by atoms with Crippen LogP contribution in [0.3, 0.4) is 0 Å². The van der Waals surface area contributed by atoms with Gasteiger partial charge in [0.1, 0.15) is 23.7 Å². The first kappa shape index (κ1) is 13.5. The average molecular weight is 282 g/mol. The third kappa shape index (κ3) is 2.93. The van der Waals surface area contributed by atoms with Crippen LogP contribution >= 0.6 is 11.6 Å². The first-order valence-electron chi connectivity index (χ1n) is 5.80.